The summed E-state index contributed by atoms with van der Waals surface area (Å²) in [5.41, 5.74) is 10.5. The number of rotatable bonds is 2. The number of benzene rings is 1. The number of nitrogens with two attached hydrogens (primary N) is 1. The Bertz CT molecular complexity index is 601. The number of halogens is 1. The summed E-state index contributed by atoms with van der Waals surface area (Å²) in [6, 6.07) is 6.33. The van der Waals surface area contributed by atoms with E-state index in [0.29, 0.717) is 17.6 Å². The summed E-state index contributed by atoms with van der Waals surface area (Å²) in [4.78, 5) is 9.11. The molecule has 0 radical (unpaired) electrons. The normalized spacial score (nSPS) is 11.1. The van der Waals surface area contributed by atoms with Gasteiger partial charge in [0.15, 0.2) is 5.82 Å². The van der Waals surface area contributed by atoms with E-state index in [4.69, 9.17) is 5.73 Å². The molecule has 4 heteroatoms. The number of hydrogen-bond donors (Lipinski definition) is 1. The monoisotopic (exact) mass is 367 g/mol. The Morgan fingerprint density at radius 3 is 2.16 bits per heavy atom. The van der Waals surface area contributed by atoms with Gasteiger partial charge in [0.1, 0.15) is 5.82 Å². The van der Waals surface area contributed by atoms with E-state index < -0.39 is 0 Å². The molecule has 0 unspecified atom stereocenters. The van der Waals surface area contributed by atoms with Gasteiger partial charge in [-0.05, 0) is 54.5 Å². The first kappa shape index (κ1) is 14.2. The Kier molecular flexibility index (Phi) is 4.08. The van der Waals surface area contributed by atoms with Crippen LogP contribution in [0, 0.1) is 17.4 Å². The Labute approximate surface area is 127 Å². The molecule has 0 spiro atoms. The summed E-state index contributed by atoms with van der Waals surface area (Å²) >= 11 is 2.22. The molecule has 19 heavy (non-hydrogen) atoms. The average Bonchev–Trinajstić information content (AvgIpc) is 2.30. The van der Waals surface area contributed by atoms with E-state index in [0.717, 1.165) is 14.8 Å². The van der Waals surface area contributed by atoms with Gasteiger partial charge in [-0.25, -0.2) is 9.97 Å². The largest absolute Gasteiger partial charge is 0.383 e. The summed E-state index contributed by atoms with van der Waals surface area (Å²) in [5, 5.41) is 0. The van der Waals surface area contributed by atoms with Gasteiger partial charge in [-0.2, -0.15) is 0 Å². The average molecular weight is 367 g/mol. The topological polar surface area (TPSA) is 51.8 Å². The summed E-state index contributed by atoms with van der Waals surface area (Å²) in [5.74, 6) is 1.61. The number of nitrogens with zero attached hydrogens (tertiary/aromatic N) is 2. The maximum atomic E-state index is 6.01. The van der Waals surface area contributed by atoms with E-state index in [2.05, 4.69) is 78.5 Å². The number of anilines is 1. The van der Waals surface area contributed by atoms with Gasteiger partial charge >= 0.3 is 0 Å². The second-order valence-corrected chi connectivity index (χ2v) is 6.24. The zero-order chi connectivity index (χ0) is 14.2. The number of aromatic nitrogens is 2. The highest BCUT2D eigenvalue weighted by molar-refractivity contribution is 14.1. The molecule has 100 valence electrons. The minimum Gasteiger partial charge on any atom is -0.383 e. The first-order chi connectivity index (χ1) is 8.88. The van der Waals surface area contributed by atoms with Gasteiger partial charge in [0, 0.05) is 5.56 Å². The summed E-state index contributed by atoms with van der Waals surface area (Å²) in [6.45, 7) is 8.40. The van der Waals surface area contributed by atoms with Crippen LogP contribution >= 0.6 is 22.6 Å². The van der Waals surface area contributed by atoms with E-state index >= 15 is 0 Å². The molecule has 3 nitrogen and oxygen atoms in total. The Hall–Kier alpha value is -1.17. The maximum absolute atomic E-state index is 6.01. The van der Waals surface area contributed by atoms with Gasteiger partial charge in [0.2, 0.25) is 0 Å². The van der Waals surface area contributed by atoms with Crippen molar-refractivity contribution in [3.05, 3.63) is 38.6 Å². The summed E-state index contributed by atoms with van der Waals surface area (Å²) in [6.07, 6.45) is 0. The lowest BCUT2D eigenvalue weighted by Crippen LogP contribution is -2.06. The molecule has 0 amide bonds. The first-order valence-electron chi connectivity index (χ1n) is 6.30. The molecule has 1 heterocycles. The van der Waals surface area contributed by atoms with Crippen LogP contribution in [0.3, 0.4) is 0 Å². The summed E-state index contributed by atoms with van der Waals surface area (Å²) in [7, 11) is 0. The van der Waals surface area contributed by atoms with E-state index in [9.17, 15) is 0 Å². The molecular weight excluding hydrogens is 349 g/mol. The molecule has 0 aliphatic rings. The second-order valence-electron chi connectivity index (χ2n) is 5.16. The number of nitrogen functional groups attached to an aromatic ring is 1. The molecular formula is C15H18IN3. The minimum atomic E-state index is 0.335. The van der Waals surface area contributed by atoms with Gasteiger partial charge in [0.05, 0.1) is 9.26 Å². The highest BCUT2D eigenvalue weighted by atomic mass is 127. The number of hydrogen-bond acceptors (Lipinski definition) is 3. The van der Waals surface area contributed by atoms with Crippen molar-refractivity contribution in [3.8, 4) is 11.4 Å². The predicted octanol–water partition coefficient (Wildman–Crippen LogP) is 4.07. The fourth-order valence-electron chi connectivity index (χ4n) is 2.10. The van der Waals surface area contributed by atoms with Crippen LogP contribution in [0.1, 0.15) is 36.6 Å². The van der Waals surface area contributed by atoms with Gasteiger partial charge < -0.3 is 5.73 Å². The predicted molar refractivity (Wildman–Crippen MR) is 88.2 cm³/mol. The van der Waals surface area contributed by atoms with Crippen LogP contribution in [0.25, 0.3) is 11.4 Å². The van der Waals surface area contributed by atoms with Crippen molar-refractivity contribution in [1.29, 1.82) is 0 Å². The van der Waals surface area contributed by atoms with Crippen LogP contribution in [0.2, 0.25) is 0 Å². The van der Waals surface area contributed by atoms with Crippen LogP contribution in [0.5, 0.6) is 0 Å². The lowest BCUT2D eigenvalue weighted by molar-refractivity contribution is 0.810. The van der Waals surface area contributed by atoms with Crippen LogP contribution in [0.15, 0.2) is 18.2 Å². The van der Waals surface area contributed by atoms with Crippen molar-refractivity contribution in [2.75, 3.05) is 5.73 Å². The smallest absolute Gasteiger partial charge is 0.161 e. The SMILES string of the molecule is Cc1cc(C)cc(-c2nc(N)c(I)c(C(C)C)n2)c1. The Morgan fingerprint density at radius 2 is 1.63 bits per heavy atom. The van der Waals surface area contributed by atoms with Crippen molar-refractivity contribution in [1.82, 2.24) is 9.97 Å². The Balaban J connectivity index is 2.62. The van der Waals surface area contributed by atoms with Gasteiger partial charge in [-0.15, -0.1) is 0 Å². The molecule has 1 aromatic carbocycles. The Morgan fingerprint density at radius 1 is 1.05 bits per heavy atom. The molecule has 2 rings (SSSR count). The fourth-order valence-corrected chi connectivity index (χ4v) is 2.96. The zero-order valence-corrected chi connectivity index (χ0v) is 13.8. The highest BCUT2D eigenvalue weighted by Gasteiger charge is 2.14. The zero-order valence-electron chi connectivity index (χ0n) is 11.7. The fraction of sp³-hybridized carbons (Fsp3) is 0.333. The molecule has 2 aromatic rings. The molecule has 0 aliphatic heterocycles. The first-order valence-corrected chi connectivity index (χ1v) is 7.38. The van der Waals surface area contributed by atoms with Crippen molar-refractivity contribution < 1.29 is 0 Å². The molecule has 0 aliphatic carbocycles. The van der Waals surface area contributed by atoms with Crippen LogP contribution < -0.4 is 5.73 Å². The van der Waals surface area contributed by atoms with E-state index in [-0.39, 0.29) is 0 Å². The van der Waals surface area contributed by atoms with Gasteiger partial charge in [-0.3, -0.25) is 0 Å². The molecule has 1 aromatic heterocycles. The van der Waals surface area contributed by atoms with Gasteiger partial charge in [0.25, 0.3) is 0 Å². The molecule has 0 saturated carbocycles. The van der Waals surface area contributed by atoms with Gasteiger partial charge in [-0.1, -0.05) is 31.0 Å². The quantitative estimate of drug-likeness (QED) is 0.815. The standard InChI is InChI=1S/C15H18IN3/c1-8(2)13-12(16)14(17)19-15(18-13)11-6-9(3)5-10(4)7-11/h5-8H,1-4H3,(H2,17,18,19). The van der Waals surface area contributed by atoms with Crippen LogP contribution in [0.4, 0.5) is 5.82 Å². The minimum absolute atomic E-state index is 0.335. The van der Waals surface area contributed by atoms with E-state index in [1.807, 2.05) is 0 Å². The third kappa shape index (κ3) is 3.05. The third-order valence-electron chi connectivity index (χ3n) is 2.93. The van der Waals surface area contributed by atoms with E-state index in [1.54, 1.807) is 0 Å². The lowest BCUT2D eigenvalue weighted by Gasteiger charge is -2.12. The van der Waals surface area contributed by atoms with Crippen LogP contribution in [-0.4, -0.2) is 9.97 Å². The van der Waals surface area contributed by atoms with Crippen molar-refractivity contribution in [2.24, 2.45) is 0 Å². The number of aryl methyl sites for hydroxylation is 2. The molecule has 2 N–H and O–H groups in total. The second kappa shape index (κ2) is 5.45. The van der Waals surface area contributed by atoms with Crippen molar-refractivity contribution >= 4 is 28.4 Å². The molecule has 0 fully saturated rings. The third-order valence-corrected chi connectivity index (χ3v) is 4.03. The molecule has 0 bridgehead atoms. The van der Waals surface area contributed by atoms with Crippen molar-refractivity contribution in [2.45, 2.75) is 33.6 Å². The highest BCUT2D eigenvalue weighted by Crippen LogP contribution is 2.27. The molecule has 0 atom stereocenters. The van der Waals surface area contributed by atoms with E-state index in [1.165, 1.54) is 11.1 Å². The van der Waals surface area contributed by atoms with Crippen molar-refractivity contribution in [3.63, 3.8) is 0 Å². The summed E-state index contributed by atoms with van der Waals surface area (Å²) < 4.78 is 0.959. The van der Waals surface area contributed by atoms with Crippen LogP contribution in [-0.2, 0) is 0 Å². The lowest BCUT2D eigenvalue weighted by atomic mass is 10.1. The molecule has 0 saturated heterocycles. The maximum Gasteiger partial charge on any atom is 0.161 e.